The van der Waals surface area contributed by atoms with E-state index in [4.69, 9.17) is 23.2 Å². The van der Waals surface area contributed by atoms with E-state index in [9.17, 15) is 14.7 Å². The van der Waals surface area contributed by atoms with Gasteiger partial charge in [-0.2, -0.15) is 0 Å². The Labute approximate surface area is 205 Å². The Hall–Kier alpha value is -1.50. The highest BCUT2D eigenvalue weighted by Crippen LogP contribution is 2.60. The smallest absolute Gasteiger partial charge is 0.309 e. The summed E-state index contributed by atoms with van der Waals surface area (Å²) in [6.07, 6.45) is 4.36. The van der Waals surface area contributed by atoms with Crippen molar-refractivity contribution in [1.29, 1.82) is 0 Å². The summed E-state index contributed by atoms with van der Waals surface area (Å²) in [6, 6.07) is 5.81. The van der Waals surface area contributed by atoms with Gasteiger partial charge in [-0.1, -0.05) is 23.2 Å². The molecule has 33 heavy (non-hydrogen) atoms. The first-order valence-corrected chi connectivity index (χ1v) is 12.8. The fraction of sp³-hybridized carbons (Fsp3) is 0.680. The van der Waals surface area contributed by atoms with Gasteiger partial charge in [0.1, 0.15) is 0 Å². The summed E-state index contributed by atoms with van der Waals surface area (Å²) in [5, 5.41) is 14.4. The third kappa shape index (κ3) is 4.02. The minimum Gasteiger partial charge on any atom is -0.481 e. The van der Waals surface area contributed by atoms with E-state index < -0.39 is 16.9 Å². The Morgan fingerprint density at radius 2 is 1.67 bits per heavy atom. The molecular formula is C25H33Cl2N3O3. The van der Waals surface area contributed by atoms with Crippen LogP contribution in [0.1, 0.15) is 46.0 Å². The number of amides is 1. The molecule has 0 aromatic heterocycles. The molecule has 1 saturated heterocycles. The van der Waals surface area contributed by atoms with Crippen molar-refractivity contribution in [2.24, 2.45) is 23.2 Å². The van der Waals surface area contributed by atoms with E-state index in [1.54, 1.807) is 0 Å². The van der Waals surface area contributed by atoms with Crippen LogP contribution in [0, 0.1) is 23.2 Å². The average molecular weight is 494 g/mol. The third-order valence-corrected chi connectivity index (χ3v) is 9.66. The van der Waals surface area contributed by atoms with E-state index in [2.05, 4.69) is 15.1 Å². The van der Waals surface area contributed by atoms with E-state index in [0.717, 1.165) is 51.1 Å². The van der Waals surface area contributed by atoms with Crippen LogP contribution in [-0.4, -0.2) is 59.6 Å². The molecule has 0 radical (unpaired) electrons. The molecule has 4 saturated carbocycles. The predicted molar refractivity (Wildman–Crippen MR) is 130 cm³/mol. The lowest BCUT2D eigenvalue weighted by atomic mass is 9.48. The van der Waals surface area contributed by atoms with Crippen LogP contribution in [0.5, 0.6) is 0 Å². The first-order chi connectivity index (χ1) is 15.6. The standard InChI is InChI=1S/C25H33Cl2N3O3/c1-24(2,30-7-5-29(6-8-30)18-3-4-19(26)20(27)11-18)22(31)28-21-16-9-15-10-17(21)14-25(12-15,13-16)23(32)33/h3-4,11,15-17,21H,5-10,12-14H2,1-2H3,(H,28,31)(H,32,33). The topological polar surface area (TPSA) is 72.9 Å². The van der Waals surface area contributed by atoms with Gasteiger partial charge in [0.25, 0.3) is 0 Å². The lowest BCUT2D eigenvalue weighted by Crippen LogP contribution is -2.66. The van der Waals surface area contributed by atoms with Crippen LogP contribution in [0.2, 0.25) is 10.0 Å². The van der Waals surface area contributed by atoms with Gasteiger partial charge in [-0.15, -0.1) is 0 Å². The summed E-state index contributed by atoms with van der Waals surface area (Å²) in [5.74, 6) is 0.519. The van der Waals surface area contributed by atoms with Gasteiger partial charge in [-0.05, 0) is 81.9 Å². The van der Waals surface area contributed by atoms with E-state index >= 15 is 0 Å². The van der Waals surface area contributed by atoms with Gasteiger partial charge < -0.3 is 15.3 Å². The summed E-state index contributed by atoms with van der Waals surface area (Å²) in [5.41, 5.74) is -0.121. The zero-order valence-corrected chi connectivity index (χ0v) is 20.8. The number of piperazine rings is 1. The van der Waals surface area contributed by atoms with E-state index in [0.29, 0.717) is 40.6 Å². The average Bonchev–Trinajstić information content (AvgIpc) is 2.77. The highest BCUT2D eigenvalue weighted by atomic mass is 35.5. The number of nitrogens with zero attached hydrogens (tertiary/aromatic N) is 2. The molecule has 6 nitrogen and oxygen atoms in total. The van der Waals surface area contributed by atoms with Crippen LogP contribution in [0.25, 0.3) is 0 Å². The maximum Gasteiger partial charge on any atom is 0.309 e. The first-order valence-electron chi connectivity index (χ1n) is 12.1. The Balaban J connectivity index is 1.22. The molecule has 1 aromatic carbocycles. The minimum atomic E-state index is -0.633. The number of carbonyl (C=O) groups is 2. The monoisotopic (exact) mass is 493 g/mol. The zero-order chi connectivity index (χ0) is 23.5. The number of hydrogen-bond donors (Lipinski definition) is 2. The van der Waals surface area contributed by atoms with Gasteiger partial charge in [0.15, 0.2) is 0 Å². The van der Waals surface area contributed by atoms with Crippen LogP contribution in [0.3, 0.4) is 0 Å². The SMILES string of the molecule is CC(C)(C(=O)NC1C2CC3CC1CC(C(=O)O)(C3)C2)N1CCN(c2ccc(Cl)c(Cl)c2)CC1. The summed E-state index contributed by atoms with van der Waals surface area (Å²) in [7, 11) is 0. The first kappa shape index (κ1) is 23.3. The second-order valence-corrected chi connectivity index (χ2v) is 12.0. The van der Waals surface area contributed by atoms with Gasteiger partial charge >= 0.3 is 5.97 Å². The Morgan fingerprint density at radius 3 is 2.24 bits per heavy atom. The fourth-order valence-corrected chi connectivity index (χ4v) is 7.49. The number of carbonyl (C=O) groups excluding carboxylic acids is 1. The number of benzene rings is 1. The van der Waals surface area contributed by atoms with Gasteiger partial charge in [-0.25, -0.2) is 0 Å². The van der Waals surface area contributed by atoms with Gasteiger partial charge in [0.2, 0.25) is 5.91 Å². The summed E-state index contributed by atoms with van der Waals surface area (Å²) >= 11 is 12.2. The molecule has 5 aliphatic rings. The number of aliphatic carboxylic acids is 1. The van der Waals surface area contributed by atoms with E-state index in [1.165, 1.54) is 0 Å². The van der Waals surface area contributed by atoms with Crippen LogP contribution >= 0.6 is 23.2 Å². The maximum absolute atomic E-state index is 13.5. The molecule has 0 spiro atoms. The van der Waals surface area contributed by atoms with Crippen LogP contribution in [-0.2, 0) is 9.59 Å². The molecule has 6 rings (SSSR count). The molecule has 4 aliphatic carbocycles. The number of carboxylic acid groups (broad SMARTS) is 1. The Kier molecular flexibility index (Phi) is 5.86. The van der Waals surface area contributed by atoms with Crippen molar-refractivity contribution in [3.63, 3.8) is 0 Å². The Morgan fingerprint density at radius 1 is 1.03 bits per heavy atom. The van der Waals surface area contributed by atoms with E-state index in [1.807, 2.05) is 32.0 Å². The fourth-order valence-electron chi connectivity index (χ4n) is 7.20. The number of halogens is 2. The molecule has 180 valence electrons. The number of hydrogen-bond acceptors (Lipinski definition) is 4. The third-order valence-electron chi connectivity index (χ3n) is 8.92. The van der Waals surface area contributed by atoms with Crippen LogP contribution < -0.4 is 10.2 Å². The van der Waals surface area contributed by atoms with Crippen molar-refractivity contribution in [1.82, 2.24) is 10.2 Å². The molecule has 2 unspecified atom stereocenters. The number of rotatable bonds is 5. The van der Waals surface area contributed by atoms with Crippen molar-refractivity contribution in [3.8, 4) is 0 Å². The minimum absolute atomic E-state index is 0.0623. The predicted octanol–water partition coefficient (Wildman–Crippen LogP) is 4.29. The molecule has 2 atom stereocenters. The second kappa shape index (κ2) is 8.31. The molecule has 2 N–H and O–H groups in total. The zero-order valence-electron chi connectivity index (χ0n) is 19.3. The van der Waals surface area contributed by atoms with Gasteiger partial charge in [0.05, 0.1) is 21.0 Å². The molecule has 1 aromatic rings. The quantitative estimate of drug-likeness (QED) is 0.639. The molecule has 1 amide bonds. The summed E-state index contributed by atoms with van der Waals surface area (Å²) in [6.45, 7) is 7.20. The van der Waals surface area contributed by atoms with Gasteiger partial charge in [-0.3, -0.25) is 14.5 Å². The molecule has 1 heterocycles. The van der Waals surface area contributed by atoms with Crippen molar-refractivity contribution in [2.45, 2.75) is 57.5 Å². The number of nitrogens with one attached hydrogen (secondary N) is 1. The lowest BCUT2D eigenvalue weighted by Gasteiger charge is -2.58. The highest BCUT2D eigenvalue weighted by molar-refractivity contribution is 6.42. The molecular weight excluding hydrogens is 461 g/mol. The van der Waals surface area contributed by atoms with E-state index in [-0.39, 0.29) is 11.9 Å². The molecule has 4 bridgehead atoms. The van der Waals surface area contributed by atoms with Crippen molar-refractivity contribution in [2.75, 3.05) is 31.1 Å². The van der Waals surface area contributed by atoms with Crippen molar-refractivity contribution < 1.29 is 14.7 Å². The van der Waals surface area contributed by atoms with Crippen molar-refractivity contribution >= 4 is 40.8 Å². The molecule has 8 heteroatoms. The molecule has 1 aliphatic heterocycles. The number of carboxylic acids is 1. The maximum atomic E-state index is 13.5. The summed E-state index contributed by atoms with van der Waals surface area (Å²) < 4.78 is 0. The normalized spacial score (nSPS) is 33.9. The van der Waals surface area contributed by atoms with Crippen LogP contribution in [0.15, 0.2) is 18.2 Å². The highest BCUT2D eigenvalue weighted by Gasteiger charge is 2.59. The molecule has 5 fully saturated rings. The number of anilines is 1. The van der Waals surface area contributed by atoms with Crippen molar-refractivity contribution in [3.05, 3.63) is 28.2 Å². The lowest BCUT2D eigenvalue weighted by molar-refractivity contribution is -0.168. The van der Waals surface area contributed by atoms with Gasteiger partial charge in [0, 0.05) is 37.9 Å². The van der Waals surface area contributed by atoms with Crippen LogP contribution in [0.4, 0.5) is 5.69 Å². The second-order valence-electron chi connectivity index (χ2n) is 11.2. The largest absolute Gasteiger partial charge is 0.481 e. The Bertz CT molecular complexity index is 944. The summed E-state index contributed by atoms with van der Waals surface area (Å²) in [4.78, 5) is 30.0.